The molecule has 1 aliphatic rings. The molecule has 1 saturated heterocycles. The molecule has 0 saturated carbocycles. The van der Waals surface area contributed by atoms with E-state index in [1.54, 1.807) is 11.8 Å². The number of piperidine rings is 1. The molecule has 0 aromatic heterocycles. The Morgan fingerprint density at radius 3 is 2.26 bits per heavy atom. The molecular formula is C14H26N2O3. The van der Waals surface area contributed by atoms with Gasteiger partial charge in [0.25, 0.3) is 0 Å². The highest BCUT2D eigenvalue weighted by molar-refractivity contribution is 5.83. The maximum atomic E-state index is 12.2. The van der Waals surface area contributed by atoms with Gasteiger partial charge in [-0.15, -0.1) is 0 Å². The number of rotatable bonds is 3. The molecule has 1 fully saturated rings. The fraction of sp³-hybridized carbons (Fsp3) is 0.857. The van der Waals surface area contributed by atoms with Crippen molar-refractivity contribution in [2.45, 2.75) is 46.6 Å². The average Bonchev–Trinajstić information content (AvgIpc) is 2.36. The summed E-state index contributed by atoms with van der Waals surface area (Å²) in [6.45, 7) is 9.27. The maximum absolute atomic E-state index is 12.2. The van der Waals surface area contributed by atoms with Crippen LogP contribution in [0.2, 0.25) is 0 Å². The molecule has 1 heterocycles. The molecule has 0 spiro atoms. The Morgan fingerprint density at radius 2 is 1.84 bits per heavy atom. The SMILES string of the molecule is CCOC(=O)C1CCN(C(=O)[C@H](N)C(C)(C)C)CC1. The van der Waals surface area contributed by atoms with Crippen molar-refractivity contribution in [3.63, 3.8) is 0 Å². The number of ether oxygens (including phenoxy) is 1. The number of carbonyl (C=O) groups is 2. The number of amides is 1. The van der Waals surface area contributed by atoms with Crippen molar-refractivity contribution in [1.29, 1.82) is 0 Å². The standard InChI is InChI=1S/C14H26N2O3/c1-5-19-13(18)10-6-8-16(9-7-10)12(17)11(15)14(2,3)4/h10-11H,5-9,15H2,1-4H3/t11-/m0/s1. The quantitative estimate of drug-likeness (QED) is 0.781. The molecule has 5 heteroatoms. The Balaban J connectivity index is 2.50. The first-order valence-electron chi connectivity index (χ1n) is 6.98. The second kappa shape index (κ2) is 6.37. The maximum Gasteiger partial charge on any atom is 0.309 e. The summed E-state index contributed by atoms with van der Waals surface area (Å²) in [5.41, 5.74) is 5.74. The highest BCUT2D eigenvalue weighted by Crippen LogP contribution is 2.23. The lowest BCUT2D eigenvalue weighted by molar-refractivity contribution is -0.151. The topological polar surface area (TPSA) is 72.6 Å². The van der Waals surface area contributed by atoms with Gasteiger partial charge in [0.05, 0.1) is 18.6 Å². The lowest BCUT2D eigenvalue weighted by Crippen LogP contribution is -2.52. The first kappa shape index (κ1) is 16.0. The van der Waals surface area contributed by atoms with Crippen LogP contribution < -0.4 is 5.73 Å². The predicted molar refractivity (Wildman–Crippen MR) is 73.4 cm³/mol. The summed E-state index contributed by atoms with van der Waals surface area (Å²) in [5.74, 6) is -0.237. The van der Waals surface area contributed by atoms with Gasteiger partial charge in [-0.2, -0.15) is 0 Å². The molecule has 110 valence electrons. The van der Waals surface area contributed by atoms with Gasteiger partial charge in [0.15, 0.2) is 0 Å². The van der Waals surface area contributed by atoms with E-state index in [-0.39, 0.29) is 23.2 Å². The van der Waals surface area contributed by atoms with Crippen molar-refractivity contribution >= 4 is 11.9 Å². The zero-order chi connectivity index (χ0) is 14.6. The Morgan fingerprint density at radius 1 is 1.32 bits per heavy atom. The fourth-order valence-electron chi connectivity index (χ4n) is 2.16. The van der Waals surface area contributed by atoms with Crippen LogP contribution in [-0.2, 0) is 14.3 Å². The minimum Gasteiger partial charge on any atom is -0.466 e. The van der Waals surface area contributed by atoms with Crippen molar-refractivity contribution in [2.24, 2.45) is 17.1 Å². The molecule has 2 N–H and O–H groups in total. The van der Waals surface area contributed by atoms with Gasteiger partial charge in [0.1, 0.15) is 0 Å². The summed E-state index contributed by atoms with van der Waals surface area (Å²) in [7, 11) is 0. The van der Waals surface area contributed by atoms with E-state index in [2.05, 4.69) is 0 Å². The number of likely N-dealkylation sites (tertiary alicyclic amines) is 1. The van der Waals surface area contributed by atoms with Crippen molar-refractivity contribution in [3.8, 4) is 0 Å². The number of nitrogens with two attached hydrogens (primary N) is 1. The van der Waals surface area contributed by atoms with Crippen LogP contribution in [-0.4, -0.2) is 42.5 Å². The van der Waals surface area contributed by atoms with E-state index in [0.717, 1.165) is 0 Å². The van der Waals surface area contributed by atoms with E-state index in [1.165, 1.54) is 0 Å². The molecule has 1 atom stereocenters. The van der Waals surface area contributed by atoms with Gasteiger partial charge in [-0.25, -0.2) is 0 Å². The van der Waals surface area contributed by atoms with Crippen LogP contribution in [0.5, 0.6) is 0 Å². The number of carbonyl (C=O) groups excluding carboxylic acids is 2. The zero-order valence-corrected chi connectivity index (χ0v) is 12.4. The summed E-state index contributed by atoms with van der Waals surface area (Å²) in [6, 6.07) is -0.494. The largest absolute Gasteiger partial charge is 0.466 e. The van der Waals surface area contributed by atoms with Crippen LogP contribution in [0.4, 0.5) is 0 Å². The van der Waals surface area contributed by atoms with Crippen molar-refractivity contribution in [3.05, 3.63) is 0 Å². The summed E-state index contributed by atoms with van der Waals surface area (Å²) in [5, 5.41) is 0. The van der Waals surface area contributed by atoms with Crippen LogP contribution in [0, 0.1) is 11.3 Å². The van der Waals surface area contributed by atoms with E-state index < -0.39 is 6.04 Å². The van der Waals surface area contributed by atoms with Crippen molar-refractivity contribution in [2.75, 3.05) is 19.7 Å². The molecule has 1 rings (SSSR count). The van der Waals surface area contributed by atoms with Gasteiger partial charge in [-0.3, -0.25) is 9.59 Å². The number of nitrogens with zero attached hydrogens (tertiary/aromatic N) is 1. The molecule has 0 radical (unpaired) electrons. The van der Waals surface area contributed by atoms with Crippen LogP contribution in [0.1, 0.15) is 40.5 Å². The Hall–Kier alpha value is -1.10. The summed E-state index contributed by atoms with van der Waals surface area (Å²) >= 11 is 0. The van der Waals surface area contributed by atoms with Crippen LogP contribution in [0.3, 0.4) is 0 Å². The molecule has 0 unspecified atom stereocenters. The normalized spacial score (nSPS) is 19.1. The Bertz CT molecular complexity index is 328. The molecule has 0 aliphatic carbocycles. The minimum atomic E-state index is -0.494. The van der Waals surface area contributed by atoms with Crippen molar-refractivity contribution in [1.82, 2.24) is 4.90 Å². The summed E-state index contributed by atoms with van der Waals surface area (Å²) in [6.07, 6.45) is 1.34. The third-order valence-electron chi connectivity index (χ3n) is 3.63. The second-order valence-electron chi connectivity index (χ2n) is 6.20. The highest BCUT2D eigenvalue weighted by Gasteiger charge is 2.34. The molecule has 19 heavy (non-hydrogen) atoms. The van der Waals surface area contributed by atoms with E-state index in [9.17, 15) is 9.59 Å². The van der Waals surface area contributed by atoms with Crippen LogP contribution in [0.15, 0.2) is 0 Å². The van der Waals surface area contributed by atoms with Gasteiger partial charge in [0, 0.05) is 13.1 Å². The molecule has 0 aromatic carbocycles. The molecule has 1 aliphatic heterocycles. The first-order valence-corrected chi connectivity index (χ1v) is 6.98. The molecule has 1 amide bonds. The van der Waals surface area contributed by atoms with Crippen molar-refractivity contribution < 1.29 is 14.3 Å². The zero-order valence-electron chi connectivity index (χ0n) is 12.4. The third kappa shape index (κ3) is 4.20. The molecule has 0 aromatic rings. The minimum absolute atomic E-state index is 0.0187. The monoisotopic (exact) mass is 270 g/mol. The number of esters is 1. The van der Waals surface area contributed by atoms with E-state index in [0.29, 0.717) is 32.5 Å². The third-order valence-corrected chi connectivity index (χ3v) is 3.63. The Labute approximate surface area is 115 Å². The van der Waals surface area contributed by atoms with Gasteiger partial charge >= 0.3 is 5.97 Å². The predicted octanol–water partition coefficient (Wildman–Crippen LogP) is 1.16. The van der Waals surface area contributed by atoms with Gasteiger partial charge in [-0.05, 0) is 25.2 Å². The lowest BCUT2D eigenvalue weighted by Gasteiger charge is -2.35. The van der Waals surface area contributed by atoms with E-state index >= 15 is 0 Å². The van der Waals surface area contributed by atoms with Gasteiger partial charge < -0.3 is 15.4 Å². The van der Waals surface area contributed by atoms with E-state index in [1.807, 2.05) is 20.8 Å². The second-order valence-corrected chi connectivity index (χ2v) is 6.20. The summed E-state index contributed by atoms with van der Waals surface area (Å²) in [4.78, 5) is 25.6. The average molecular weight is 270 g/mol. The summed E-state index contributed by atoms with van der Waals surface area (Å²) < 4.78 is 5.01. The number of hydrogen-bond donors (Lipinski definition) is 1. The Kier molecular flexibility index (Phi) is 5.35. The van der Waals surface area contributed by atoms with Crippen LogP contribution in [0.25, 0.3) is 0 Å². The number of hydrogen-bond acceptors (Lipinski definition) is 4. The molecule has 0 bridgehead atoms. The first-order chi connectivity index (χ1) is 8.77. The fourth-order valence-corrected chi connectivity index (χ4v) is 2.16. The smallest absolute Gasteiger partial charge is 0.309 e. The van der Waals surface area contributed by atoms with Gasteiger partial charge in [-0.1, -0.05) is 20.8 Å². The van der Waals surface area contributed by atoms with E-state index in [4.69, 9.17) is 10.5 Å². The molecule has 5 nitrogen and oxygen atoms in total. The van der Waals surface area contributed by atoms with Crippen LogP contribution >= 0.6 is 0 Å². The molecular weight excluding hydrogens is 244 g/mol. The van der Waals surface area contributed by atoms with Gasteiger partial charge in [0.2, 0.25) is 5.91 Å². The highest BCUT2D eigenvalue weighted by atomic mass is 16.5. The lowest BCUT2D eigenvalue weighted by atomic mass is 9.86.